The molecule has 0 amide bonds. The van der Waals surface area contributed by atoms with Gasteiger partial charge in [-0.3, -0.25) is 4.68 Å². The second kappa shape index (κ2) is 6.54. The quantitative estimate of drug-likeness (QED) is 0.764. The Hall–Kier alpha value is -2.59. The molecule has 1 fully saturated rings. The third kappa shape index (κ3) is 2.67. The maximum atomic E-state index is 6.70. The van der Waals surface area contributed by atoms with Crippen LogP contribution in [0.15, 0.2) is 54.6 Å². The fraction of sp³-hybridized carbons (Fsp3) is 0.348. The average Bonchev–Trinajstić information content (AvgIpc) is 3.09. The van der Waals surface area contributed by atoms with Crippen LogP contribution in [0.25, 0.3) is 11.3 Å². The van der Waals surface area contributed by atoms with Gasteiger partial charge in [-0.15, -0.1) is 0 Å². The summed E-state index contributed by atoms with van der Waals surface area (Å²) in [5, 5.41) is 8.56. The zero-order chi connectivity index (χ0) is 18.3. The van der Waals surface area contributed by atoms with E-state index in [0.29, 0.717) is 0 Å². The van der Waals surface area contributed by atoms with E-state index in [9.17, 15) is 0 Å². The van der Waals surface area contributed by atoms with Crippen molar-refractivity contribution in [2.24, 2.45) is 0 Å². The Morgan fingerprint density at radius 3 is 2.56 bits per heavy atom. The number of ether oxygens (including phenoxy) is 1. The molecule has 27 heavy (non-hydrogen) atoms. The van der Waals surface area contributed by atoms with Gasteiger partial charge in [0.25, 0.3) is 0 Å². The molecule has 3 aromatic rings. The van der Waals surface area contributed by atoms with Gasteiger partial charge in [-0.1, -0.05) is 49.4 Å². The molecule has 2 aromatic carbocycles. The van der Waals surface area contributed by atoms with Crippen molar-refractivity contribution in [1.82, 2.24) is 15.1 Å². The van der Waals surface area contributed by atoms with Gasteiger partial charge >= 0.3 is 0 Å². The summed E-state index contributed by atoms with van der Waals surface area (Å²) in [4.78, 5) is 0. The number of rotatable bonds is 3. The smallest absolute Gasteiger partial charge is 0.140 e. The molecule has 0 bridgehead atoms. The lowest BCUT2D eigenvalue weighted by Gasteiger charge is -2.42. The molecule has 2 aliphatic rings. The maximum Gasteiger partial charge on any atom is 0.140 e. The number of nitrogens with zero attached hydrogens (tertiary/aromatic N) is 2. The Labute approximate surface area is 160 Å². The first kappa shape index (κ1) is 16.6. The van der Waals surface area contributed by atoms with Crippen LogP contribution in [-0.2, 0) is 18.6 Å². The third-order valence-electron chi connectivity index (χ3n) is 5.85. The van der Waals surface area contributed by atoms with Crippen molar-refractivity contribution in [2.45, 2.75) is 38.3 Å². The molecule has 3 heterocycles. The summed E-state index contributed by atoms with van der Waals surface area (Å²) in [5.41, 5.74) is 5.93. The lowest BCUT2D eigenvalue weighted by molar-refractivity contribution is 0.0298. The van der Waals surface area contributed by atoms with Crippen molar-refractivity contribution in [3.63, 3.8) is 0 Å². The molecular formula is C23H25N3O. The van der Waals surface area contributed by atoms with E-state index in [1.807, 2.05) is 0 Å². The van der Waals surface area contributed by atoms with Gasteiger partial charge < -0.3 is 10.1 Å². The van der Waals surface area contributed by atoms with E-state index in [4.69, 9.17) is 9.84 Å². The second-order valence-corrected chi connectivity index (χ2v) is 7.51. The summed E-state index contributed by atoms with van der Waals surface area (Å²) >= 11 is 0. The average molecular weight is 359 g/mol. The number of hydrogen-bond acceptors (Lipinski definition) is 3. The highest BCUT2D eigenvalue weighted by molar-refractivity contribution is 5.75. The minimum absolute atomic E-state index is 0.255. The Balaban J connectivity index is 1.72. The highest BCUT2D eigenvalue weighted by Crippen LogP contribution is 2.50. The van der Waals surface area contributed by atoms with Crippen LogP contribution in [0, 0.1) is 0 Å². The summed E-state index contributed by atoms with van der Waals surface area (Å²) in [6.07, 6.45) is 2.89. The summed E-state index contributed by atoms with van der Waals surface area (Å²) in [7, 11) is 0. The van der Waals surface area contributed by atoms with Gasteiger partial charge in [-0.05, 0) is 37.2 Å². The molecular weight excluding hydrogens is 334 g/mol. The fourth-order valence-electron chi connectivity index (χ4n) is 4.58. The molecule has 138 valence electrons. The van der Waals surface area contributed by atoms with Crippen LogP contribution in [-0.4, -0.2) is 22.9 Å². The largest absolute Gasteiger partial charge is 0.482 e. The van der Waals surface area contributed by atoms with Crippen LogP contribution in [0.1, 0.15) is 36.6 Å². The second-order valence-electron chi connectivity index (χ2n) is 7.51. The molecule has 0 unspecified atom stereocenters. The fourth-order valence-corrected chi connectivity index (χ4v) is 4.58. The molecule has 0 aliphatic carbocycles. The first-order valence-corrected chi connectivity index (χ1v) is 9.94. The lowest BCUT2D eigenvalue weighted by Crippen LogP contribution is -2.46. The lowest BCUT2D eigenvalue weighted by atomic mass is 9.79. The molecule has 2 aliphatic heterocycles. The number of para-hydroxylation sites is 1. The Morgan fingerprint density at radius 1 is 1.04 bits per heavy atom. The maximum absolute atomic E-state index is 6.70. The van der Waals surface area contributed by atoms with E-state index in [2.05, 4.69) is 71.5 Å². The van der Waals surface area contributed by atoms with Crippen LogP contribution in [0.5, 0.6) is 5.75 Å². The summed E-state index contributed by atoms with van der Waals surface area (Å²) in [6, 6.07) is 19.0. The van der Waals surface area contributed by atoms with Crippen molar-refractivity contribution >= 4 is 0 Å². The van der Waals surface area contributed by atoms with Gasteiger partial charge in [0.2, 0.25) is 0 Å². The van der Waals surface area contributed by atoms with Crippen LogP contribution >= 0.6 is 0 Å². The molecule has 1 saturated heterocycles. The zero-order valence-corrected chi connectivity index (χ0v) is 15.7. The molecule has 0 saturated carbocycles. The SMILES string of the molecule is CCc1nn(Cc2ccccc2)c2c1C1(CCNCC1)Oc1ccccc1-2. The number of aromatic nitrogens is 2. The number of nitrogens with one attached hydrogen (secondary N) is 1. The van der Waals surface area contributed by atoms with Crippen LogP contribution in [0.3, 0.4) is 0 Å². The molecule has 0 radical (unpaired) electrons. The minimum atomic E-state index is -0.255. The van der Waals surface area contributed by atoms with Gasteiger partial charge in [-0.2, -0.15) is 5.10 Å². The number of aryl methyl sites for hydroxylation is 1. The summed E-state index contributed by atoms with van der Waals surface area (Å²) in [5.74, 6) is 0.990. The molecule has 4 heteroatoms. The number of fused-ring (bicyclic) bond motifs is 4. The highest BCUT2D eigenvalue weighted by atomic mass is 16.5. The number of hydrogen-bond donors (Lipinski definition) is 1. The van der Waals surface area contributed by atoms with Crippen molar-refractivity contribution in [1.29, 1.82) is 0 Å². The Bertz CT molecular complexity index is 955. The monoisotopic (exact) mass is 359 g/mol. The summed E-state index contributed by atoms with van der Waals surface area (Å²) < 4.78 is 8.90. The molecule has 1 aromatic heterocycles. The third-order valence-corrected chi connectivity index (χ3v) is 5.85. The van der Waals surface area contributed by atoms with Crippen LogP contribution in [0.4, 0.5) is 0 Å². The number of benzene rings is 2. The first-order valence-electron chi connectivity index (χ1n) is 9.94. The van der Waals surface area contributed by atoms with Gasteiger partial charge in [0.15, 0.2) is 0 Å². The van der Waals surface area contributed by atoms with Gasteiger partial charge in [0.1, 0.15) is 11.4 Å². The van der Waals surface area contributed by atoms with Crippen molar-refractivity contribution in [3.05, 3.63) is 71.4 Å². The van der Waals surface area contributed by atoms with E-state index in [1.54, 1.807) is 0 Å². The van der Waals surface area contributed by atoms with E-state index in [0.717, 1.165) is 44.6 Å². The van der Waals surface area contributed by atoms with Gasteiger partial charge in [0, 0.05) is 24.0 Å². The van der Waals surface area contributed by atoms with E-state index in [1.165, 1.54) is 28.1 Å². The number of piperidine rings is 1. The van der Waals surface area contributed by atoms with E-state index < -0.39 is 0 Å². The molecule has 0 atom stereocenters. The minimum Gasteiger partial charge on any atom is -0.482 e. The Morgan fingerprint density at radius 2 is 1.78 bits per heavy atom. The van der Waals surface area contributed by atoms with E-state index >= 15 is 0 Å². The van der Waals surface area contributed by atoms with Gasteiger partial charge in [0.05, 0.1) is 17.9 Å². The molecule has 1 N–H and O–H groups in total. The van der Waals surface area contributed by atoms with Crippen molar-refractivity contribution < 1.29 is 4.74 Å². The molecule has 1 spiro atoms. The van der Waals surface area contributed by atoms with Crippen molar-refractivity contribution in [2.75, 3.05) is 13.1 Å². The van der Waals surface area contributed by atoms with Gasteiger partial charge in [-0.25, -0.2) is 0 Å². The Kier molecular flexibility index (Phi) is 4.01. The molecule has 5 rings (SSSR count). The summed E-state index contributed by atoms with van der Waals surface area (Å²) in [6.45, 7) is 4.94. The topological polar surface area (TPSA) is 39.1 Å². The zero-order valence-electron chi connectivity index (χ0n) is 15.7. The van der Waals surface area contributed by atoms with Crippen LogP contribution in [0.2, 0.25) is 0 Å². The highest BCUT2D eigenvalue weighted by Gasteiger charge is 2.45. The predicted octanol–water partition coefficient (Wildman–Crippen LogP) is 4.13. The predicted molar refractivity (Wildman–Crippen MR) is 107 cm³/mol. The standard InChI is InChI=1S/C23H25N3O/c1-2-19-21-22(26(25-19)16-17-8-4-3-5-9-17)18-10-6-7-11-20(18)27-23(21)12-14-24-15-13-23/h3-11,24H,2,12-16H2,1H3. The molecule has 4 nitrogen and oxygen atoms in total. The van der Waals surface area contributed by atoms with E-state index in [-0.39, 0.29) is 5.60 Å². The first-order chi connectivity index (χ1) is 13.3. The normalized spacial score (nSPS) is 17.2. The van der Waals surface area contributed by atoms with Crippen molar-refractivity contribution in [3.8, 4) is 17.0 Å². The van der Waals surface area contributed by atoms with Crippen LogP contribution < -0.4 is 10.1 Å².